The third-order valence-corrected chi connectivity index (χ3v) is 5.06. The quantitative estimate of drug-likeness (QED) is 0.719. The molecular weight excluding hydrogens is 414 g/mol. The van der Waals surface area contributed by atoms with Crippen LogP contribution in [0.5, 0.6) is 0 Å². The molecule has 136 valence electrons. The fourth-order valence-corrected chi connectivity index (χ4v) is 3.48. The van der Waals surface area contributed by atoms with Gasteiger partial charge < -0.3 is 15.1 Å². The second-order valence-electron chi connectivity index (χ2n) is 6.33. The van der Waals surface area contributed by atoms with Crippen LogP contribution < -0.4 is 10.2 Å². The van der Waals surface area contributed by atoms with Gasteiger partial charge in [0.25, 0.3) is 0 Å². The second kappa shape index (κ2) is 8.71. The Morgan fingerprint density at radius 3 is 2.65 bits per heavy atom. The van der Waals surface area contributed by atoms with Gasteiger partial charge in [0.05, 0.1) is 11.4 Å². The number of nitrogens with one attached hydrogen (secondary N) is 1. The molecule has 3 rings (SSSR count). The van der Waals surface area contributed by atoms with Gasteiger partial charge in [-0.2, -0.15) is 0 Å². The molecule has 0 spiro atoms. The van der Waals surface area contributed by atoms with Crippen LogP contribution in [-0.4, -0.2) is 44.0 Å². The zero-order valence-electron chi connectivity index (χ0n) is 14.6. The number of rotatable bonds is 4. The van der Waals surface area contributed by atoms with Crippen molar-refractivity contribution in [2.24, 2.45) is 0 Å². The molecule has 4 nitrogen and oxygen atoms in total. The summed E-state index contributed by atoms with van der Waals surface area (Å²) in [5.74, 6) is -0.178. The Morgan fingerprint density at radius 1 is 1.15 bits per heavy atom. The molecule has 0 radical (unpaired) electrons. The van der Waals surface area contributed by atoms with E-state index in [0.29, 0.717) is 5.02 Å². The average molecular weight is 435 g/mol. The topological polar surface area (TPSA) is 35.6 Å². The second-order valence-corrected chi connectivity index (χ2v) is 7.68. The zero-order valence-corrected chi connectivity index (χ0v) is 16.9. The van der Waals surface area contributed by atoms with Crippen molar-refractivity contribution in [2.45, 2.75) is 0 Å². The monoisotopic (exact) mass is 433 g/mol. The summed E-state index contributed by atoms with van der Waals surface area (Å²) in [5.41, 5.74) is 2.71. The molecule has 1 heterocycles. The van der Waals surface area contributed by atoms with Gasteiger partial charge in [-0.05, 0) is 49.0 Å². The molecule has 2 aromatic carbocycles. The highest BCUT2D eigenvalue weighted by molar-refractivity contribution is 9.10. The van der Waals surface area contributed by atoms with Crippen LogP contribution in [0.4, 0.5) is 11.4 Å². The predicted octanol–water partition coefficient (Wildman–Crippen LogP) is 4.51. The summed E-state index contributed by atoms with van der Waals surface area (Å²) in [6, 6.07) is 13.4. The fraction of sp³-hybridized carbons (Fsp3) is 0.250. The lowest BCUT2D eigenvalue weighted by molar-refractivity contribution is -0.111. The van der Waals surface area contributed by atoms with Crippen LogP contribution >= 0.6 is 27.5 Å². The van der Waals surface area contributed by atoms with Crippen LogP contribution in [0, 0.1) is 0 Å². The number of benzene rings is 2. The van der Waals surface area contributed by atoms with E-state index in [-0.39, 0.29) is 5.91 Å². The third kappa shape index (κ3) is 5.10. The summed E-state index contributed by atoms with van der Waals surface area (Å²) < 4.78 is 0.979. The number of amides is 1. The summed E-state index contributed by atoms with van der Waals surface area (Å²) in [6.45, 7) is 3.85. The van der Waals surface area contributed by atoms with E-state index in [2.05, 4.69) is 38.1 Å². The maximum Gasteiger partial charge on any atom is 0.248 e. The van der Waals surface area contributed by atoms with Gasteiger partial charge in [-0.1, -0.05) is 39.7 Å². The number of halogens is 2. The van der Waals surface area contributed by atoms with Gasteiger partial charge in [0.2, 0.25) is 5.91 Å². The highest BCUT2D eigenvalue weighted by atomic mass is 79.9. The van der Waals surface area contributed by atoms with Crippen LogP contribution in [0.25, 0.3) is 6.08 Å². The molecule has 0 bridgehead atoms. The van der Waals surface area contributed by atoms with Crippen LogP contribution in [0.15, 0.2) is 53.0 Å². The summed E-state index contributed by atoms with van der Waals surface area (Å²) in [7, 11) is 2.12. The van der Waals surface area contributed by atoms with Gasteiger partial charge in [0.15, 0.2) is 0 Å². The molecule has 1 aliphatic rings. The molecule has 1 amide bonds. The van der Waals surface area contributed by atoms with E-state index < -0.39 is 0 Å². The number of piperazine rings is 1. The lowest BCUT2D eigenvalue weighted by Crippen LogP contribution is -2.44. The molecule has 0 saturated carbocycles. The molecule has 1 aliphatic heterocycles. The molecule has 0 atom stereocenters. The Balaban J connectivity index is 1.74. The minimum atomic E-state index is -0.178. The highest BCUT2D eigenvalue weighted by Gasteiger charge is 2.18. The first-order valence-corrected chi connectivity index (χ1v) is 9.66. The van der Waals surface area contributed by atoms with E-state index in [0.717, 1.165) is 47.6 Å². The minimum absolute atomic E-state index is 0.178. The Labute approximate surface area is 167 Å². The number of carbonyl (C=O) groups is 1. The first-order valence-electron chi connectivity index (χ1n) is 8.49. The maximum absolute atomic E-state index is 12.4. The van der Waals surface area contributed by atoms with E-state index in [1.54, 1.807) is 12.1 Å². The van der Waals surface area contributed by atoms with Crippen LogP contribution in [0.1, 0.15) is 5.56 Å². The average Bonchev–Trinajstić information content (AvgIpc) is 2.61. The number of likely N-dealkylation sites (N-methyl/N-ethyl adjacent to an activating group) is 1. The van der Waals surface area contributed by atoms with Crippen molar-refractivity contribution in [3.63, 3.8) is 0 Å². The van der Waals surface area contributed by atoms with Gasteiger partial charge in [-0.15, -0.1) is 0 Å². The van der Waals surface area contributed by atoms with E-state index in [1.807, 2.05) is 36.4 Å². The highest BCUT2D eigenvalue weighted by Crippen LogP contribution is 2.30. The van der Waals surface area contributed by atoms with Crippen molar-refractivity contribution in [1.29, 1.82) is 0 Å². The smallest absolute Gasteiger partial charge is 0.248 e. The van der Waals surface area contributed by atoms with E-state index in [4.69, 9.17) is 11.6 Å². The van der Waals surface area contributed by atoms with Crippen LogP contribution in [0.2, 0.25) is 5.02 Å². The van der Waals surface area contributed by atoms with Gasteiger partial charge in [-0.25, -0.2) is 0 Å². The van der Waals surface area contributed by atoms with E-state index >= 15 is 0 Å². The summed E-state index contributed by atoms with van der Waals surface area (Å²) >= 11 is 9.58. The first-order chi connectivity index (χ1) is 12.5. The van der Waals surface area contributed by atoms with E-state index in [1.165, 1.54) is 6.08 Å². The normalized spacial score (nSPS) is 15.4. The standard InChI is InChI=1S/C20H21BrClN3O/c1-24-9-11-25(12-10-24)19-7-6-17(22)14-18(19)23-20(26)8-5-15-3-2-4-16(21)13-15/h2-8,13-14H,9-12H2,1H3,(H,23,26)/b8-5+. The SMILES string of the molecule is CN1CCN(c2ccc(Cl)cc2NC(=O)/C=C/c2cccc(Br)c2)CC1. The lowest BCUT2D eigenvalue weighted by atomic mass is 10.2. The number of hydrogen-bond donors (Lipinski definition) is 1. The molecule has 0 aliphatic carbocycles. The van der Waals surface area contributed by atoms with Crippen LogP contribution in [0.3, 0.4) is 0 Å². The van der Waals surface area contributed by atoms with E-state index in [9.17, 15) is 4.79 Å². The van der Waals surface area contributed by atoms with Crippen molar-refractivity contribution in [3.8, 4) is 0 Å². The molecule has 1 saturated heterocycles. The van der Waals surface area contributed by atoms with Gasteiger partial charge in [-0.3, -0.25) is 4.79 Å². The lowest BCUT2D eigenvalue weighted by Gasteiger charge is -2.35. The Hall–Kier alpha value is -1.82. The molecule has 0 unspecified atom stereocenters. The van der Waals surface area contributed by atoms with Crippen molar-refractivity contribution >= 4 is 50.9 Å². The first kappa shape index (κ1) is 19.0. The Kier molecular flexibility index (Phi) is 6.35. The molecule has 0 aromatic heterocycles. The third-order valence-electron chi connectivity index (χ3n) is 4.34. The Morgan fingerprint density at radius 2 is 1.92 bits per heavy atom. The minimum Gasteiger partial charge on any atom is -0.367 e. The number of anilines is 2. The molecule has 2 aromatic rings. The van der Waals surface area contributed by atoms with Crippen molar-refractivity contribution < 1.29 is 4.79 Å². The molecule has 1 fully saturated rings. The molecule has 1 N–H and O–H groups in total. The van der Waals surface area contributed by atoms with Crippen molar-refractivity contribution in [3.05, 3.63) is 63.6 Å². The van der Waals surface area contributed by atoms with Crippen molar-refractivity contribution in [1.82, 2.24) is 4.90 Å². The molecular formula is C20H21BrClN3O. The maximum atomic E-state index is 12.4. The van der Waals surface area contributed by atoms with Crippen LogP contribution in [-0.2, 0) is 4.79 Å². The number of carbonyl (C=O) groups excluding carboxylic acids is 1. The largest absolute Gasteiger partial charge is 0.367 e. The molecule has 26 heavy (non-hydrogen) atoms. The van der Waals surface area contributed by atoms with Gasteiger partial charge >= 0.3 is 0 Å². The van der Waals surface area contributed by atoms with Gasteiger partial charge in [0.1, 0.15) is 0 Å². The number of nitrogens with zero attached hydrogens (tertiary/aromatic N) is 2. The van der Waals surface area contributed by atoms with Crippen molar-refractivity contribution in [2.75, 3.05) is 43.4 Å². The summed E-state index contributed by atoms with van der Waals surface area (Å²) in [6.07, 6.45) is 3.33. The summed E-state index contributed by atoms with van der Waals surface area (Å²) in [5, 5.41) is 3.57. The fourth-order valence-electron chi connectivity index (χ4n) is 2.89. The molecule has 6 heteroatoms. The predicted molar refractivity (Wildman–Crippen MR) is 113 cm³/mol. The summed E-state index contributed by atoms with van der Waals surface area (Å²) in [4.78, 5) is 17.0. The van der Waals surface area contributed by atoms with Gasteiger partial charge in [0, 0.05) is 41.8 Å². The zero-order chi connectivity index (χ0) is 18.5. The number of hydrogen-bond acceptors (Lipinski definition) is 3. The Bertz CT molecular complexity index is 816.